The molecule has 0 radical (unpaired) electrons. The molecule has 4 aromatic rings. The normalized spacial score (nSPS) is 12.8. The predicted molar refractivity (Wildman–Crippen MR) is 137 cm³/mol. The van der Waals surface area contributed by atoms with E-state index < -0.39 is 38.7 Å². The van der Waals surface area contributed by atoms with E-state index in [2.05, 4.69) is 10.3 Å². The van der Waals surface area contributed by atoms with Gasteiger partial charge in [-0.25, -0.2) is 4.98 Å². The lowest BCUT2D eigenvalue weighted by Crippen LogP contribution is -2.40. The molecule has 0 spiro atoms. The van der Waals surface area contributed by atoms with E-state index >= 15 is 0 Å². The Labute approximate surface area is 221 Å². The van der Waals surface area contributed by atoms with Gasteiger partial charge in [-0.1, -0.05) is 30.3 Å². The number of carbonyl (C=O) groups excluding carboxylic acids is 1. The Morgan fingerprint density at radius 3 is 2.36 bits per heavy atom. The summed E-state index contributed by atoms with van der Waals surface area (Å²) in [7, 11) is -3.41. The first-order valence-electron chi connectivity index (χ1n) is 11.5. The number of benzene rings is 3. The molecule has 3 aromatic carbocycles. The zero-order chi connectivity index (χ0) is 28.4. The Bertz CT molecular complexity index is 1620. The van der Waals surface area contributed by atoms with Gasteiger partial charge < -0.3 is 15.2 Å². The smallest absolute Gasteiger partial charge is 0.416 e. The highest BCUT2D eigenvalue weighted by atomic mass is 32.2. The predicted octanol–water partition coefficient (Wildman–Crippen LogP) is 4.86. The third kappa shape index (κ3) is 6.72. The van der Waals surface area contributed by atoms with E-state index in [1.807, 2.05) is 0 Å². The van der Waals surface area contributed by atoms with Gasteiger partial charge in [0.15, 0.2) is 0 Å². The summed E-state index contributed by atoms with van der Waals surface area (Å²) in [4.78, 5) is 16.7. The van der Waals surface area contributed by atoms with E-state index in [4.69, 9.17) is 4.74 Å². The zero-order valence-electron chi connectivity index (χ0n) is 20.4. The zero-order valence-corrected chi connectivity index (χ0v) is 21.3. The maximum absolute atomic E-state index is 13.2. The molecule has 3 N–H and O–H groups in total. The molecule has 0 aliphatic heterocycles. The maximum Gasteiger partial charge on any atom is 0.416 e. The highest BCUT2D eigenvalue weighted by Crippen LogP contribution is 2.34. The van der Waals surface area contributed by atoms with Crippen molar-refractivity contribution < 1.29 is 40.8 Å². The summed E-state index contributed by atoms with van der Waals surface area (Å²) in [5, 5.41) is 12.1. The van der Waals surface area contributed by atoms with Crippen LogP contribution >= 0.6 is 0 Å². The minimum absolute atomic E-state index is 0.0350. The lowest BCUT2D eigenvalue weighted by Gasteiger charge is -2.18. The summed E-state index contributed by atoms with van der Waals surface area (Å²) < 4.78 is 79.1. The number of phenolic OH excluding ortho intramolecular Hbond substituents is 1. The van der Waals surface area contributed by atoms with E-state index in [0.29, 0.717) is 6.42 Å². The molecule has 1 heterocycles. The number of rotatable bonds is 8. The van der Waals surface area contributed by atoms with Gasteiger partial charge in [-0.05, 0) is 65.6 Å². The van der Waals surface area contributed by atoms with Crippen LogP contribution < -0.4 is 5.32 Å². The Kier molecular flexibility index (Phi) is 7.91. The number of methoxy groups -OCH3 is 1. The summed E-state index contributed by atoms with van der Waals surface area (Å²) in [6.45, 7) is 0.117. The van der Waals surface area contributed by atoms with Crippen molar-refractivity contribution in [3.8, 4) is 16.9 Å². The molecule has 0 saturated carbocycles. The number of aromatic hydroxyl groups is 1. The van der Waals surface area contributed by atoms with Gasteiger partial charge in [-0.15, -0.1) is 0 Å². The van der Waals surface area contributed by atoms with Crippen molar-refractivity contribution in [1.82, 2.24) is 10.3 Å². The van der Waals surface area contributed by atoms with Gasteiger partial charge in [-0.2, -0.15) is 21.6 Å². The maximum atomic E-state index is 13.2. The fourth-order valence-corrected chi connectivity index (χ4v) is 4.81. The number of halogens is 3. The second-order valence-corrected chi connectivity index (χ2v) is 10.2. The molecular weight excluding hydrogens is 537 g/mol. The number of hydrogen-bond acceptors (Lipinski definition) is 6. The number of alkyl halides is 3. The average molecular weight is 561 g/mol. The standard InChI is InChI=1S/C27H23F3N2O6S/c1-38-15-20(11-16-5-8-21(33)9-6-16)31-26(34)24-14-25(39(35,36)37)22-13-18(7-10-23(22)32-24)17-3-2-4-19(12-17)27(28,29)30/h2-10,12-14,20,33H,11,15H2,1H3,(H,31,34)(H,35,36,37)/t20-/m0/s1. The van der Waals surface area contributed by atoms with Gasteiger partial charge >= 0.3 is 6.18 Å². The number of ether oxygens (including phenoxy) is 1. The molecular formula is C27H23F3N2O6S. The lowest BCUT2D eigenvalue weighted by molar-refractivity contribution is -0.137. The molecule has 0 aliphatic carbocycles. The molecule has 1 aromatic heterocycles. The van der Waals surface area contributed by atoms with Crippen molar-refractivity contribution in [2.24, 2.45) is 0 Å². The van der Waals surface area contributed by atoms with Gasteiger partial charge in [-0.3, -0.25) is 9.35 Å². The van der Waals surface area contributed by atoms with E-state index in [1.54, 1.807) is 12.1 Å². The SMILES string of the molecule is COC[C@H](Cc1ccc(O)cc1)NC(=O)c1cc(S(=O)(=O)O)c2cc(-c3cccc(C(F)(F)F)c3)ccc2n1. The molecule has 0 saturated heterocycles. The van der Waals surface area contributed by atoms with Crippen LogP contribution in [0, 0.1) is 0 Å². The molecule has 39 heavy (non-hydrogen) atoms. The number of nitrogens with zero attached hydrogens (tertiary/aromatic N) is 1. The van der Waals surface area contributed by atoms with Gasteiger partial charge in [0, 0.05) is 12.5 Å². The first-order valence-corrected chi connectivity index (χ1v) is 13.0. The minimum atomic E-state index is -4.86. The summed E-state index contributed by atoms with van der Waals surface area (Å²) >= 11 is 0. The average Bonchev–Trinajstić information content (AvgIpc) is 2.88. The van der Waals surface area contributed by atoms with Crippen LogP contribution in [0.15, 0.2) is 77.7 Å². The number of hydrogen-bond donors (Lipinski definition) is 3. The molecule has 0 fully saturated rings. The first kappa shape index (κ1) is 28.0. The third-order valence-corrected chi connectivity index (χ3v) is 6.82. The van der Waals surface area contributed by atoms with Crippen LogP contribution in [0.25, 0.3) is 22.0 Å². The van der Waals surface area contributed by atoms with Crippen LogP contribution in [0.5, 0.6) is 5.75 Å². The Balaban J connectivity index is 1.70. The lowest BCUT2D eigenvalue weighted by atomic mass is 10.0. The van der Waals surface area contributed by atoms with Gasteiger partial charge in [0.2, 0.25) is 0 Å². The fraction of sp³-hybridized carbons (Fsp3) is 0.185. The van der Waals surface area contributed by atoms with E-state index in [9.17, 15) is 36.0 Å². The van der Waals surface area contributed by atoms with E-state index in [0.717, 1.165) is 23.8 Å². The quantitative estimate of drug-likeness (QED) is 0.263. The number of phenols is 1. The second-order valence-electron chi connectivity index (χ2n) is 8.79. The number of carbonyl (C=O) groups is 1. The van der Waals surface area contributed by atoms with Crippen molar-refractivity contribution in [3.05, 3.63) is 89.6 Å². The number of nitrogens with one attached hydrogen (secondary N) is 1. The highest BCUT2D eigenvalue weighted by Gasteiger charge is 2.30. The van der Waals surface area contributed by atoms with Crippen molar-refractivity contribution in [3.63, 3.8) is 0 Å². The molecule has 4 rings (SSSR count). The number of fused-ring (bicyclic) bond motifs is 1. The molecule has 0 bridgehead atoms. The molecule has 0 unspecified atom stereocenters. The summed E-state index contributed by atoms with van der Waals surface area (Å²) in [6.07, 6.45) is -4.24. The minimum Gasteiger partial charge on any atom is -0.508 e. The number of amides is 1. The summed E-state index contributed by atoms with van der Waals surface area (Å²) in [6, 6.07) is 15.3. The van der Waals surface area contributed by atoms with Crippen molar-refractivity contribution in [2.45, 2.75) is 23.5 Å². The highest BCUT2D eigenvalue weighted by molar-refractivity contribution is 7.86. The van der Waals surface area contributed by atoms with Crippen LogP contribution in [0.1, 0.15) is 21.6 Å². The molecule has 8 nitrogen and oxygen atoms in total. The number of pyridine rings is 1. The second kappa shape index (κ2) is 11.0. The molecule has 0 aliphatic rings. The molecule has 12 heteroatoms. The van der Waals surface area contributed by atoms with Crippen LogP contribution in [-0.2, 0) is 27.5 Å². The Hall–Kier alpha value is -4.00. The van der Waals surface area contributed by atoms with E-state index in [1.165, 1.54) is 49.6 Å². The summed E-state index contributed by atoms with van der Waals surface area (Å²) in [5.41, 5.74) is 0.0835. The Morgan fingerprint density at radius 1 is 1.03 bits per heavy atom. The monoisotopic (exact) mass is 560 g/mol. The molecule has 1 amide bonds. The number of aromatic nitrogens is 1. The van der Waals surface area contributed by atoms with Gasteiger partial charge in [0.25, 0.3) is 16.0 Å². The van der Waals surface area contributed by atoms with Crippen LogP contribution in [0.2, 0.25) is 0 Å². The first-order chi connectivity index (χ1) is 18.3. The van der Waals surface area contributed by atoms with Crippen molar-refractivity contribution >= 4 is 26.9 Å². The van der Waals surface area contributed by atoms with Crippen molar-refractivity contribution in [2.75, 3.05) is 13.7 Å². The van der Waals surface area contributed by atoms with Gasteiger partial charge in [0.05, 0.1) is 23.7 Å². The van der Waals surface area contributed by atoms with Crippen LogP contribution in [-0.4, -0.2) is 48.7 Å². The largest absolute Gasteiger partial charge is 0.508 e. The van der Waals surface area contributed by atoms with Crippen molar-refractivity contribution in [1.29, 1.82) is 0 Å². The fourth-order valence-electron chi connectivity index (χ4n) is 4.11. The van der Waals surface area contributed by atoms with Gasteiger partial charge in [0.1, 0.15) is 16.3 Å². The van der Waals surface area contributed by atoms with Crippen LogP contribution in [0.4, 0.5) is 13.2 Å². The van der Waals surface area contributed by atoms with E-state index in [-0.39, 0.29) is 40.1 Å². The topological polar surface area (TPSA) is 126 Å². The molecule has 1 atom stereocenters. The molecule has 204 valence electrons. The summed E-state index contributed by atoms with van der Waals surface area (Å²) in [5.74, 6) is -0.648. The van der Waals surface area contributed by atoms with Crippen LogP contribution in [0.3, 0.4) is 0 Å². The Morgan fingerprint density at radius 2 is 1.72 bits per heavy atom. The third-order valence-electron chi connectivity index (χ3n) is 5.93.